The van der Waals surface area contributed by atoms with Crippen molar-refractivity contribution in [2.24, 2.45) is 0 Å². The first-order valence-corrected chi connectivity index (χ1v) is 6.17. The second-order valence-electron chi connectivity index (χ2n) is 2.70. The smallest absolute Gasteiger partial charge is 0.138 e. The first kappa shape index (κ1) is 12.5. The van der Waals surface area contributed by atoms with Crippen molar-refractivity contribution in [3.8, 4) is 0 Å². The van der Waals surface area contributed by atoms with Crippen molar-refractivity contribution in [2.75, 3.05) is 0 Å². The molecule has 0 saturated heterocycles. The van der Waals surface area contributed by atoms with Crippen molar-refractivity contribution in [1.29, 1.82) is 0 Å². The Hall–Kier alpha value is 0.430. The maximum Gasteiger partial charge on any atom is 0.138 e. The van der Waals surface area contributed by atoms with E-state index in [1.165, 1.54) is 0 Å². The number of aldehydes is 1. The van der Waals surface area contributed by atoms with Gasteiger partial charge in [0.15, 0.2) is 0 Å². The summed E-state index contributed by atoms with van der Waals surface area (Å²) in [4.78, 5) is 10.4. The zero-order valence-corrected chi connectivity index (χ0v) is 11.6. The number of halogens is 4. The van der Waals surface area contributed by atoms with Crippen LogP contribution in [0.1, 0.15) is 5.56 Å². The average Bonchev–Trinajstić information content (AvgIpc) is 2.10. The lowest BCUT2D eigenvalue weighted by atomic mass is 10.1. The molecule has 0 spiro atoms. The summed E-state index contributed by atoms with van der Waals surface area (Å²) in [6, 6.07) is 3.55. The molecule has 1 atom stereocenters. The molecule has 1 aromatic carbocycles. The molecule has 0 saturated carbocycles. The van der Waals surface area contributed by atoms with Crippen LogP contribution in [0.25, 0.3) is 0 Å². The van der Waals surface area contributed by atoms with Crippen molar-refractivity contribution in [3.05, 3.63) is 31.7 Å². The number of hydrogen-bond acceptors (Lipinski definition) is 1. The van der Waals surface area contributed by atoms with Gasteiger partial charge in [-0.05, 0) is 24.1 Å². The Morgan fingerprint density at radius 2 is 1.86 bits per heavy atom. The van der Waals surface area contributed by atoms with E-state index in [2.05, 4.69) is 31.9 Å². The van der Waals surface area contributed by atoms with Gasteiger partial charge in [-0.15, -0.1) is 11.6 Å². The van der Waals surface area contributed by atoms with Crippen molar-refractivity contribution in [1.82, 2.24) is 0 Å². The summed E-state index contributed by atoms with van der Waals surface area (Å²) < 4.78 is 1.70. The van der Waals surface area contributed by atoms with Crippen molar-refractivity contribution >= 4 is 61.3 Å². The monoisotopic (exact) mass is 358 g/mol. The Kier molecular flexibility index (Phi) is 4.91. The summed E-state index contributed by atoms with van der Waals surface area (Å²) in [5.41, 5.74) is 0.946. The number of hydrogen-bond donors (Lipinski definition) is 0. The number of benzene rings is 1. The topological polar surface area (TPSA) is 17.1 Å². The number of carbonyl (C=O) groups excluding carboxylic acids is 1. The zero-order chi connectivity index (χ0) is 10.7. The first-order valence-electron chi connectivity index (χ1n) is 3.77. The van der Waals surface area contributed by atoms with Crippen LogP contribution < -0.4 is 0 Å². The average molecular weight is 361 g/mol. The van der Waals surface area contributed by atoms with Crippen LogP contribution >= 0.6 is 55.1 Å². The molecule has 0 N–H and O–H groups in total. The fourth-order valence-corrected chi connectivity index (χ4v) is 3.16. The molecule has 1 aromatic rings. The molecule has 0 aromatic heterocycles. The standard InChI is InChI=1S/C9H6Br2Cl2O/c10-8-2-5(12)3-9(11)7(8)1-6(13)4-14/h2-4,6H,1H2. The van der Waals surface area contributed by atoms with Crippen LogP contribution in [0.5, 0.6) is 0 Å². The van der Waals surface area contributed by atoms with E-state index in [0.29, 0.717) is 11.4 Å². The molecule has 0 aliphatic heterocycles. The highest BCUT2D eigenvalue weighted by molar-refractivity contribution is 9.11. The van der Waals surface area contributed by atoms with Gasteiger partial charge in [-0.1, -0.05) is 43.5 Å². The van der Waals surface area contributed by atoms with Gasteiger partial charge in [0.2, 0.25) is 0 Å². The van der Waals surface area contributed by atoms with Gasteiger partial charge in [0.05, 0.1) is 5.38 Å². The molecule has 76 valence electrons. The van der Waals surface area contributed by atoms with Gasteiger partial charge in [-0.2, -0.15) is 0 Å². The molecule has 0 fully saturated rings. The van der Waals surface area contributed by atoms with E-state index in [0.717, 1.165) is 20.8 Å². The minimum absolute atomic E-state index is 0.476. The first-order chi connectivity index (χ1) is 6.54. The maximum atomic E-state index is 10.4. The fourth-order valence-electron chi connectivity index (χ4n) is 1.01. The highest BCUT2D eigenvalue weighted by atomic mass is 79.9. The Morgan fingerprint density at radius 3 is 2.29 bits per heavy atom. The Balaban J connectivity index is 3.02. The van der Waals surface area contributed by atoms with Gasteiger partial charge in [0.1, 0.15) is 6.29 Å². The van der Waals surface area contributed by atoms with Gasteiger partial charge in [0.25, 0.3) is 0 Å². The lowest BCUT2D eigenvalue weighted by molar-refractivity contribution is -0.107. The summed E-state index contributed by atoms with van der Waals surface area (Å²) in [6.45, 7) is 0. The highest BCUT2D eigenvalue weighted by Gasteiger charge is 2.11. The summed E-state index contributed by atoms with van der Waals surface area (Å²) >= 11 is 18.3. The Bertz CT molecular complexity index is 332. The van der Waals surface area contributed by atoms with Crippen LogP contribution in [0.4, 0.5) is 0 Å². The molecule has 0 bridgehead atoms. The van der Waals surface area contributed by atoms with E-state index < -0.39 is 5.38 Å². The van der Waals surface area contributed by atoms with Crippen LogP contribution in [0.3, 0.4) is 0 Å². The predicted molar refractivity (Wildman–Crippen MR) is 66.3 cm³/mol. The molecule has 1 nitrogen and oxygen atoms in total. The highest BCUT2D eigenvalue weighted by Crippen LogP contribution is 2.30. The third kappa shape index (κ3) is 3.23. The number of carbonyl (C=O) groups is 1. The second kappa shape index (κ2) is 5.50. The SMILES string of the molecule is O=CC(Cl)Cc1c(Br)cc(Cl)cc1Br. The predicted octanol–water partition coefficient (Wildman–Crippen LogP) is 4.21. The van der Waals surface area contributed by atoms with Gasteiger partial charge >= 0.3 is 0 Å². The Morgan fingerprint density at radius 1 is 1.36 bits per heavy atom. The normalized spacial score (nSPS) is 12.6. The van der Waals surface area contributed by atoms with Crippen LogP contribution in [0.15, 0.2) is 21.1 Å². The van der Waals surface area contributed by atoms with E-state index in [-0.39, 0.29) is 0 Å². The molecule has 0 heterocycles. The van der Waals surface area contributed by atoms with E-state index in [1.54, 1.807) is 12.1 Å². The minimum Gasteiger partial charge on any atom is -0.302 e. The molecular weight excluding hydrogens is 355 g/mol. The summed E-state index contributed by atoms with van der Waals surface area (Å²) in [7, 11) is 0. The quantitative estimate of drug-likeness (QED) is 0.583. The summed E-state index contributed by atoms with van der Waals surface area (Å²) in [6.07, 6.45) is 1.19. The third-order valence-corrected chi connectivity index (χ3v) is 3.54. The molecule has 0 radical (unpaired) electrons. The molecule has 1 unspecified atom stereocenters. The van der Waals surface area contributed by atoms with Gasteiger partial charge in [-0.3, -0.25) is 0 Å². The Labute approximate surface area is 109 Å². The van der Waals surface area contributed by atoms with E-state index in [9.17, 15) is 4.79 Å². The van der Waals surface area contributed by atoms with Crippen molar-refractivity contribution in [2.45, 2.75) is 11.8 Å². The van der Waals surface area contributed by atoms with Crippen LogP contribution in [-0.2, 0) is 11.2 Å². The minimum atomic E-state index is -0.510. The molecule has 0 aliphatic carbocycles. The van der Waals surface area contributed by atoms with Crippen LogP contribution in [0.2, 0.25) is 5.02 Å². The molecule has 0 amide bonds. The molecule has 1 rings (SSSR count). The molecular formula is C9H6Br2Cl2O. The van der Waals surface area contributed by atoms with Crippen LogP contribution in [-0.4, -0.2) is 11.7 Å². The lowest BCUT2D eigenvalue weighted by Gasteiger charge is -2.08. The van der Waals surface area contributed by atoms with E-state index in [4.69, 9.17) is 23.2 Å². The molecule has 14 heavy (non-hydrogen) atoms. The molecule has 0 aliphatic rings. The summed E-state index contributed by atoms with van der Waals surface area (Å²) in [5.74, 6) is 0. The number of rotatable bonds is 3. The summed E-state index contributed by atoms with van der Waals surface area (Å²) in [5, 5.41) is 0.119. The third-order valence-electron chi connectivity index (χ3n) is 1.65. The fraction of sp³-hybridized carbons (Fsp3) is 0.222. The number of alkyl halides is 1. The van der Waals surface area contributed by atoms with Gasteiger partial charge < -0.3 is 4.79 Å². The largest absolute Gasteiger partial charge is 0.302 e. The zero-order valence-electron chi connectivity index (χ0n) is 6.94. The van der Waals surface area contributed by atoms with Gasteiger partial charge in [0, 0.05) is 14.0 Å². The molecule has 5 heteroatoms. The lowest BCUT2D eigenvalue weighted by Crippen LogP contribution is -2.05. The van der Waals surface area contributed by atoms with E-state index in [1.807, 2.05) is 0 Å². The van der Waals surface area contributed by atoms with Gasteiger partial charge in [-0.25, -0.2) is 0 Å². The second-order valence-corrected chi connectivity index (χ2v) is 5.41. The maximum absolute atomic E-state index is 10.4. The van der Waals surface area contributed by atoms with Crippen molar-refractivity contribution < 1.29 is 4.79 Å². The van der Waals surface area contributed by atoms with E-state index >= 15 is 0 Å². The van der Waals surface area contributed by atoms with Crippen LogP contribution in [0, 0.1) is 0 Å². The van der Waals surface area contributed by atoms with Crippen molar-refractivity contribution in [3.63, 3.8) is 0 Å².